The number of ether oxygens (including phenoxy) is 2. The van der Waals surface area contributed by atoms with Crippen LogP contribution in [0.5, 0.6) is 5.88 Å². The number of nitrogens with zero attached hydrogens (tertiary/aromatic N) is 7. The average molecular weight is 518 g/mol. The zero-order valence-corrected chi connectivity index (χ0v) is 19.9. The fourth-order valence-corrected chi connectivity index (χ4v) is 3.91. The summed E-state index contributed by atoms with van der Waals surface area (Å²) in [6.45, 7) is -1.06. The summed E-state index contributed by atoms with van der Waals surface area (Å²) in [6, 6.07) is 4.73. The van der Waals surface area contributed by atoms with Crippen LogP contribution in [0.4, 0.5) is 20.3 Å². The lowest BCUT2D eigenvalue weighted by atomic mass is 9.86. The van der Waals surface area contributed by atoms with Gasteiger partial charge in [0, 0.05) is 43.4 Å². The molecule has 1 aliphatic rings. The zero-order chi connectivity index (χ0) is 25.3. The third kappa shape index (κ3) is 4.79. The number of hydrogen-bond acceptors (Lipinski definition) is 9. The number of aromatic nitrogens is 7. The SMILES string of the molecule is Cn1ncc(-c2nccc(N)n2)c1OCC1(CNc2cc(Cl)ncc2-c2ccn(C(F)F)n2)COC1. The number of alkyl halides is 2. The van der Waals surface area contributed by atoms with E-state index in [9.17, 15) is 8.78 Å². The van der Waals surface area contributed by atoms with Crippen LogP contribution in [0, 0.1) is 5.41 Å². The molecule has 0 atom stereocenters. The number of rotatable bonds is 9. The minimum Gasteiger partial charge on any atom is -0.476 e. The van der Waals surface area contributed by atoms with Gasteiger partial charge in [0.2, 0.25) is 5.88 Å². The molecule has 5 rings (SSSR count). The molecule has 5 heterocycles. The summed E-state index contributed by atoms with van der Waals surface area (Å²) in [5, 5.41) is 11.8. The fraction of sp³-hybridized carbons (Fsp3) is 0.318. The van der Waals surface area contributed by atoms with E-state index in [0.29, 0.717) is 71.1 Å². The van der Waals surface area contributed by atoms with Crippen LogP contribution in [-0.2, 0) is 11.8 Å². The molecule has 14 heteroatoms. The summed E-state index contributed by atoms with van der Waals surface area (Å²) >= 11 is 6.11. The van der Waals surface area contributed by atoms with E-state index in [1.54, 1.807) is 36.3 Å². The Morgan fingerprint density at radius 1 is 1.25 bits per heavy atom. The molecule has 0 saturated carbocycles. The maximum absolute atomic E-state index is 13.0. The first-order valence-corrected chi connectivity index (χ1v) is 11.3. The van der Waals surface area contributed by atoms with Crippen LogP contribution in [0.25, 0.3) is 22.6 Å². The Labute approximate surface area is 209 Å². The highest BCUT2D eigenvalue weighted by Gasteiger charge is 2.40. The number of nitrogens with two attached hydrogens (primary N) is 1. The highest BCUT2D eigenvalue weighted by molar-refractivity contribution is 6.29. The lowest BCUT2D eigenvalue weighted by Gasteiger charge is -2.41. The fourth-order valence-electron chi connectivity index (χ4n) is 3.76. The molecule has 0 aliphatic carbocycles. The molecule has 188 valence electrons. The first-order valence-electron chi connectivity index (χ1n) is 10.9. The summed E-state index contributed by atoms with van der Waals surface area (Å²) in [7, 11) is 1.76. The standard InChI is InChI=1S/C22H22ClF2N9O2/c1-33-20(14(8-30-33)19-27-4-2-18(26)31-19)36-12-22(10-35-11-22)9-29-16-6-17(23)28-7-13(16)15-3-5-34(32-15)21(24)25/h2-8,21H,9-12H2,1H3,(H,28,29)(H2,26,27,31). The summed E-state index contributed by atoms with van der Waals surface area (Å²) in [5.74, 6) is 1.25. The second-order valence-corrected chi connectivity index (χ2v) is 8.83. The van der Waals surface area contributed by atoms with Crippen LogP contribution in [0.1, 0.15) is 6.55 Å². The van der Waals surface area contributed by atoms with Crippen molar-refractivity contribution in [1.82, 2.24) is 34.5 Å². The van der Waals surface area contributed by atoms with Crippen molar-refractivity contribution in [3.8, 4) is 28.5 Å². The molecular weight excluding hydrogens is 496 g/mol. The van der Waals surface area contributed by atoms with Gasteiger partial charge in [0.05, 0.1) is 30.5 Å². The van der Waals surface area contributed by atoms with E-state index in [1.807, 2.05) is 0 Å². The molecule has 1 saturated heterocycles. The Bertz CT molecular complexity index is 1370. The number of anilines is 2. The van der Waals surface area contributed by atoms with E-state index in [-0.39, 0.29) is 10.6 Å². The van der Waals surface area contributed by atoms with Crippen LogP contribution in [-0.4, -0.2) is 60.9 Å². The zero-order valence-electron chi connectivity index (χ0n) is 19.1. The van der Waals surface area contributed by atoms with E-state index in [2.05, 4.69) is 30.5 Å². The van der Waals surface area contributed by atoms with Crippen LogP contribution < -0.4 is 15.8 Å². The topological polar surface area (TPSA) is 131 Å². The van der Waals surface area contributed by atoms with Crippen molar-refractivity contribution in [2.75, 3.05) is 37.4 Å². The molecule has 1 aliphatic heterocycles. The first-order chi connectivity index (χ1) is 17.3. The van der Waals surface area contributed by atoms with E-state index in [1.165, 1.54) is 18.5 Å². The average Bonchev–Trinajstić information content (AvgIpc) is 3.46. The quantitative estimate of drug-likeness (QED) is 0.321. The van der Waals surface area contributed by atoms with Gasteiger partial charge in [-0.05, 0) is 18.2 Å². The van der Waals surface area contributed by atoms with Crippen molar-refractivity contribution in [3.63, 3.8) is 0 Å². The van der Waals surface area contributed by atoms with E-state index < -0.39 is 6.55 Å². The molecule has 4 aromatic heterocycles. The van der Waals surface area contributed by atoms with Gasteiger partial charge in [-0.15, -0.1) is 0 Å². The highest BCUT2D eigenvalue weighted by Crippen LogP contribution is 2.34. The minimum atomic E-state index is -2.74. The summed E-state index contributed by atoms with van der Waals surface area (Å²) in [4.78, 5) is 12.6. The van der Waals surface area contributed by atoms with Gasteiger partial charge < -0.3 is 20.5 Å². The number of nitrogens with one attached hydrogen (secondary N) is 1. The molecular formula is C22H22ClF2N9O2. The second-order valence-electron chi connectivity index (χ2n) is 8.44. The molecule has 0 bridgehead atoms. The van der Waals surface area contributed by atoms with Crippen molar-refractivity contribution in [1.29, 1.82) is 0 Å². The van der Waals surface area contributed by atoms with E-state index in [0.717, 1.165) is 0 Å². The second kappa shape index (κ2) is 9.66. The molecule has 0 radical (unpaired) electrons. The lowest BCUT2D eigenvalue weighted by Crippen LogP contribution is -2.52. The van der Waals surface area contributed by atoms with E-state index in [4.69, 9.17) is 26.8 Å². The number of pyridine rings is 1. The predicted molar refractivity (Wildman–Crippen MR) is 128 cm³/mol. The van der Waals surface area contributed by atoms with Crippen LogP contribution in [0.3, 0.4) is 0 Å². The molecule has 0 unspecified atom stereocenters. The monoisotopic (exact) mass is 517 g/mol. The Balaban J connectivity index is 1.33. The Morgan fingerprint density at radius 3 is 2.78 bits per heavy atom. The van der Waals surface area contributed by atoms with Gasteiger partial charge in [0.25, 0.3) is 0 Å². The minimum absolute atomic E-state index is 0.256. The van der Waals surface area contributed by atoms with Gasteiger partial charge >= 0.3 is 6.55 Å². The van der Waals surface area contributed by atoms with Crippen LogP contribution in [0.15, 0.2) is 43.0 Å². The van der Waals surface area contributed by atoms with Crippen molar-refractivity contribution < 1.29 is 18.3 Å². The number of aryl methyl sites for hydroxylation is 1. The van der Waals surface area contributed by atoms with Gasteiger partial charge in [-0.1, -0.05) is 11.6 Å². The lowest BCUT2D eigenvalue weighted by molar-refractivity contribution is -0.124. The van der Waals surface area contributed by atoms with Crippen molar-refractivity contribution >= 4 is 23.1 Å². The molecule has 3 N–H and O–H groups in total. The summed E-state index contributed by atoms with van der Waals surface area (Å²) in [5.41, 5.74) is 7.55. The smallest absolute Gasteiger partial charge is 0.333 e. The van der Waals surface area contributed by atoms with Gasteiger partial charge in [-0.2, -0.15) is 19.0 Å². The van der Waals surface area contributed by atoms with Crippen molar-refractivity contribution in [2.45, 2.75) is 6.55 Å². The molecule has 4 aromatic rings. The van der Waals surface area contributed by atoms with Crippen molar-refractivity contribution in [3.05, 3.63) is 48.1 Å². The first kappa shape index (κ1) is 23.9. The summed E-state index contributed by atoms with van der Waals surface area (Å²) in [6.07, 6.45) is 5.90. The van der Waals surface area contributed by atoms with Gasteiger partial charge in [0.1, 0.15) is 23.1 Å². The van der Waals surface area contributed by atoms with Gasteiger partial charge in [0.15, 0.2) is 5.82 Å². The molecule has 0 amide bonds. The molecule has 0 aromatic carbocycles. The molecule has 36 heavy (non-hydrogen) atoms. The van der Waals surface area contributed by atoms with Gasteiger partial charge in [-0.3, -0.25) is 0 Å². The predicted octanol–water partition coefficient (Wildman–Crippen LogP) is 3.27. The molecule has 1 fully saturated rings. The van der Waals surface area contributed by atoms with Crippen LogP contribution in [0.2, 0.25) is 5.15 Å². The number of nitrogen functional groups attached to an aromatic ring is 1. The summed E-state index contributed by atoms with van der Waals surface area (Å²) < 4.78 is 39.9. The largest absolute Gasteiger partial charge is 0.476 e. The van der Waals surface area contributed by atoms with Crippen LogP contribution >= 0.6 is 11.6 Å². The van der Waals surface area contributed by atoms with Gasteiger partial charge in [-0.25, -0.2) is 24.3 Å². The van der Waals surface area contributed by atoms with E-state index >= 15 is 0 Å². The molecule has 0 spiro atoms. The third-order valence-corrected chi connectivity index (χ3v) is 5.95. The Kier molecular flexibility index (Phi) is 6.41. The Hall–Kier alpha value is -3.84. The Morgan fingerprint density at radius 2 is 2.08 bits per heavy atom. The third-order valence-electron chi connectivity index (χ3n) is 5.74. The van der Waals surface area contributed by atoms with Crippen molar-refractivity contribution in [2.24, 2.45) is 12.5 Å². The molecule has 11 nitrogen and oxygen atoms in total. The normalized spacial score (nSPS) is 14.6. The highest BCUT2D eigenvalue weighted by atomic mass is 35.5. The maximum Gasteiger partial charge on any atom is 0.333 e. The number of halogens is 3. The maximum atomic E-state index is 13.0. The number of hydrogen-bond donors (Lipinski definition) is 2.